The topological polar surface area (TPSA) is 63.7 Å². The molecule has 3 rings (SSSR count). The van der Waals surface area contributed by atoms with E-state index in [1.165, 1.54) is 6.42 Å². The van der Waals surface area contributed by atoms with Gasteiger partial charge in [0.15, 0.2) is 11.9 Å². The van der Waals surface area contributed by atoms with Gasteiger partial charge in [-0.25, -0.2) is 4.79 Å². The fourth-order valence-corrected chi connectivity index (χ4v) is 3.81. The monoisotopic (exact) mass is 393 g/mol. The average Bonchev–Trinajstić information content (AvgIpc) is 2.78. The first-order chi connectivity index (χ1) is 14.0. The van der Waals surface area contributed by atoms with Gasteiger partial charge in [0, 0.05) is 24.2 Å². The summed E-state index contributed by atoms with van der Waals surface area (Å²) in [4.78, 5) is 40.0. The van der Waals surface area contributed by atoms with E-state index in [4.69, 9.17) is 4.74 Å². The minimum absolute atomic E-state index is 0.168. The maximum absolute atomic E-state index is 12.8. The van der Waals surface area contributed by atoms with Gasteiger partial charge in [0.1, 0.15) is 0 Å². The first-order valence-electron chi connectivity index (χ1n) is 10.2. The fourth-order valence-electron chi connectivity index (χ4n) is 3.81. The molecular formula is C24H27NO4. The molecule has 0 heterocycles. The number of ketones is 1. The van der Waals surface area contributed by atoms with Gasteiger partial charge >= 0.3 is 5.97 Å². The summed E-state index contributed by atoms with van der Waals surface area (Å²) in [5.74, 6) is -1.13. The second-order valence-corrected chi connectivity index (χ2v) is 7.53. The van der Waals surface area contributed by atoms with Crippen LogP contribution in [0.15, 0.2) is 54.6 Å². The maximum Gasteiger partial charge on any atom is 0.339 e. The van der Waals surface area contributed by atoms with Gasteiger partial charge in [-0.2, -0.15) is 0 Å². The highest BCUT2D eigenvalue weighted by molar-refractivity contribution is 6.14. The lowest BCUT2D eigenvalue weighted by atomic mass is 9.94. The smallest absolute Gasteiger partial charge is 0.339 e. The third-order valence-electron chi connectivity index (χ3n) is 5.53. The first-order valence-corrected chi connectivity index (χ1v) is 10.2. The Morgan fingerprint density at radius 1 is 0.897 bits per heavy atom. The number of benzene rings is 2. The molecule has 0 aromatic heterocycles. The Balaban J connectivity index is 1.72. The van der Waals surface area contributed by atoms with Crippen LogP contribution in [0.25, 0.3) is 0 Å². The molecule has 1 fully saturated rings. The van der Waals surface area contributed by atoms with Crippen LogP contribution in [-0.2, 0) is 9.53 Å². The van der Waals surface area contributed by atoms with E-state index in [2.05, 4.69) is 0 Å². The highest BCUT2D eigenvalue weighted by atomic mass is 16.5. The van der Waals surface area contributed by atoms with Gasteiger partial charge in [-0.05, 0) is 25.8 Å². The molecule has 1 aliphatic carbocycles. The van der Waals surface area contributed by atoms with Crippen molar-refractivity contribution in [2.45, 2.75) is 51.2 Å². The van der Waals surface area contributed by atoms with Crippen LogP contribution in [0.5, 0.6) is 0 Å². The van der Waals surface area contributed by atoms with E-state index in [0.717, 1.165) is 25.7 Å². The van der Waals surface area contributed by atoms with Crippen LogP contribution in [0, 0.1) is 0 Å². The van der Waals surface area contributed by atoms with Crippen molar-refractivity contribution < 1.29 is 19.1 Å². The zero-order valence-corrected chi connectivity index (χ0v) is 17.0. The highest BCUT2D eigenvalue weighted by Gasteiger charge is 2.29. The molecule has 0 saturated heterocycles. The molecule has 5 heteroatoms. The second kappa shape index (κ2) is 9.50. The van der Waals surface area contributed by atoms with Crippen molar-refractivity contribution in [3.05, 3.63) is 71.3 Å². The van der Waals surface area contributed by atoms with Gasteiger partial charge in [0.2, 0.25) is 0 Å². The summed E-state index contributed by atoms with van der Waals surface area (Å²) in [7, 11) is 1.77. The first kappa shape index (κ1) is 20.8. The Morgan fingerprint density at radius 3 is 2.14 bits per heavy atom. The van der Waals surface area contributed by atoms with E-state index >= 15 is 0 Å². The van der Waals surface area contributed by atoms with Crippen molar-refractivity contribution in [3.8, 4) is 0 Å². The van der Waals surface area contributed by atoms with Gasteiger partial charge in [-0.1, -0.05) is 67.8 Å². The molecule has 2 aromatic carbocycles. The Morgan fingerprint density at radius 2 is 1.48 bits per heavy atom. The molecule has 1 atom stereocenters. The van der Waals surface area contributed by atoms with Crippen LogP contribution in [-0.4, -0.2) is 41.8 Å². The number of ether oxygens (including phenoxy) is 1. The van der Waals surface area contributed by atoms with Crippen molar-refractivity contribution in [1.82, 2.24) is 4.90 Å². The molecule has 0 aliphatic heterocycles. The number of amides is 1. The minimum Gasteiger partial charge on any atom is -0.449 e. The number of esters is 1. The van der Waals surface area contributed by atoms with E-state index in [0.29, 0.717) is 5.56 Å². The number of nitrogens with zero attached hydrogens (tertiary/aromatic N) is 1. The molecule has 152 valence electrons. The maximum atomic E-state index is 12.8. The number of hydrogen-bond donors (Lipinski definition) is 0. The summed E-state index contributed by atoms with van der Waals surface area (Å²) in [6, 6.07) is 15.5. The summed E-state index contributed by atoms with van der Waals surface area (Å²) >= 11 is 0. The number of hydrogen-bond acceptors (Lipinski definition) is 4. The van der Waals surface area contributed by atoms with Crippen LogP contribution >= 0.6 is 0 Å². The SMILES string of the molecule is C[C@@H](OC(=O)c1ccccc1C(=O)c1ccccc1)C(=O)N(C)C1CCCCC1. The molecule has 1 amide bonds. The molecule has 1 aliphatic rings. The predicted molar refractivity (Wildman–Crippen MR) is 111 cm³/mol. The van der Waals surface area contributed by atoms with Crippen LogP contribution in [0.2, 0.25) is 0 Å². The summed E-state index contributed by atoms with van der Waals surface area (Å²) in [6.45, 7) is 1.58. The summed E-state index contributed by atoms with van der Waals surface area (Å²) in [5.41, 5.74) is 0.930. The average molecular weight is 393 g/mol. The lowest BCUT2D eigenvalue weighted by molar-refractivity contribution is -0.141. The normalized spacial score (nSPS) is 15.4. The van der Waals surface area contributed by atoms with Gasteiger partial charge in [0.25, 0.3) is 5.91 Å². The van der Waals surface area contributed by atoms with Crippen molar-refractivity contribution in [1.29, 1.82) is 0 Å². The van der Waals surface area contributed by atoms with E-state index in [9.17, 15) is 14.4 Å². The molecule has 0 N–H and O–H groups in total. The van der Waals surface area contributed by atoms with Crippen molar-refractivity contribution >= 4 is 17.7 Å². The van der Waals surface area contributed by atoms with Crippen LogP contribution < -0.4 is 0 Å². The van der Waals surface area contributed by atoms with Gasteiger partial charge in [0.05, 0.1) is 5.56 Å². The number of likely N-dealkylation sites (N-methyl/N-ethyl adjacent to an activating group) is 1. The van der Waals surface area contributed by atoms with E-state index in [1.807, 2.05) is 6.07 Å². The quantitative estimate of drug-likeness (QED) is 0.544. The molecule has 0 unspecified atom stereocenters. The number of rotatable bonds is 6. The van der Waals surface area contributed by atoms with Gasteiger partial charge < -0.3 is 9.64 Å². The zero-order valence-electron chi connectivity index (χ0n) is 17.0. The minimum atomic E-state index is -0.908. The lowest BCUT2D eigenvalue weighted by Gasteiger charge is -2.32. The van der Waals surface area contributed by atoms with Crippen molar-refractivity contribution in [2.24, 2.45) is 0 Å². The molecule has 29 heavy (non-hydrogen) atoms. The van der Waals surface area contributed by atoms with E-state index in [1.54, 1.807) is 67.4 Å². The molecule has 1 saturated carbocycles. The molecule has 0 radical (unpaired) electrons. The second-order valence-electron chi connectivity index (χ2n) is 7.53. The Labute approximate surface area is 171 Å². The third kappa shape index (κ3) is 4.91. The van der Waals surface area contributed by atoms with Crippen LogP contribution in [0.1, 0.15) is 65.3 Å². The van der Waals surface area contributed by atoms with Crippen molar-refractivity contribution in [2.75, 3.05) is 7.05 Å². The van der Waals surface area contributed by atoms with Crippen LogP contribution in [0.4, 0.5) is 0 Å². The Kier molecular flexibility index (Phi) is 6.81. The molecule has 5 nitrogen and oxygen atoms in total. The molecular weight excluding hydrogens is 366 g/mol. The summed E-state index contributed by atoms with van der Waals surface area (Å²) in [5, 5.41) is 0. The Bertz CT molecular complexity index is 871. The van der Waals surface area contributed by atoms with E-state index < -0.39 is 12.1 Å². The molecule has 2 aromatic rings. The van der Waals surface area contributed by atoms with Gasteiger partial charge in [-0.15, -0.1) is 0 Å². The molecule has 0 spiro atoms. The molecule has 0 bridgehead atoms. The van der Waals surface area contributed by atoms with Crippen molar-refractivity contribution in [3.63, 3.8) is 0 Å². The largest absolute Gasteiger partial charge is 0.449 e. The lowest BCUT2D eigenvalue weighted by Crippen LogP contribution is -2.44. The Hall–Kier alpha value is -2.95. The fraction of sp³-hybridized carbons (Fsp3) is 0.375. The third-order valence-corrected chi connectivity index (χ3v) is 5.53. The van der Waals surface area contributed by atoms with Crippen LogP contribution in [0.3, 0.4) is 0 Å². The summed E-state index contributed by atoms with van der Waals surface area (Å²) < 4.78 is 5.45. The zero-order chi connectivity index (χ0) is 20.8. The van der Waals surface area contributed by atoms with E-state index in [-0.39, 0.29) is 28.9 Å². The van der Waals surface area contributed by atoms with Gasteiger partial charge in [-0.3, -0.25) is 9.59 Å². The predicted octanol–water partition coefficient (Wildman–Crippen LogP) is 4.25. The number of carbonyl (C=O) groups excluding carboxylic acids is 3. The number of carbonyl (C=O) groups is 3. The summed E-state index contributed by atoms with van der Waals surface area (Å²) in [6.07, 6.45) is 4.50. The standard InChI is InChI=1S/C24H27NO4/c1-17(23(27)25(2)19-13-7-4-8-14-19)29-24(28)21-16-10-9-15-20(21)22(26)18-11-5-3-6-12-18/h3,5-6,9-12,15-17,19H,4,7-8,13-14H2,1-2H3/t17-/m1/s1. The highest BCUT2D eigenvalue weighted by Crippen LogP contribution is 2.23.